The van der Waals surface area contributed by atoms with E-state index in [0.717, 1.165) is 22.4 Å². The molecule has 6 heteroatoms. The lowest BCUT2D eigenvalue weighted by atomic mass is 10.1. The maximum Gasteiger partial charge on any atom is 0.371 e. The Balaban J connectivity index is 2.09. The quantitative estimate of drug-likeness (QED) is 0.640. The van der Waals surface area contributed by atoms with Crippen molar-refractivity contribution < 1.29 is 9.90 Å². The van der Waals surface area contributed by atoms with E-state index in [-0.39, 0.29) is 5.82 Å². The first-order valence-electron chi connectivity index (χ1n) is 5.38. The molecule has 90 valence electrons. The summed E-state index contributed by atoms with van der Waals surface area (Å²) < 4.78 is 0. The number of carboxylic acid groups (broad SMARTS) is 1. The third kappa shape index (κ3) is 1.64. The number of hydrogen-bond acceptors (Lipinski definition) is 3. The van der Waals surface area contributed by atoms with Crippen LogP contribution >= 0.6 is 0 Å². The molecular formula is C12H10N4O2. The number of carboxylic acids is 1. The Kier molecular flexibility index (Phi) is 2.16. The van der Waals surface area contributed by atoms with Gasteiger partial charge in [-0.3, -0.25) is 0 Å². The van der Waals surface area contributed by atoms with E-state index in [1.54, 1.807) is 0 Å². The number of aromatic carboxylic acids is 1. The van der Waals surface area contributed by atoms with Crippen molar-refractivity contribution in [3.63, 3.8) is 0 Å². The van der Waals surface area contributed by atoms with Crippen molar-refractivity contribution in [3.8, 4) is 11.3 Å². The highest BCUT2D eigenvalue weighted by Gasteiger charge is 2.10. The second kappa shape index (κ2) is 3.69. The molecule has 0 spiro atoms. The molecule has 0 saturated heterocycles. The van der Waals surface area contributed by atoms with E-state index in [1.165, 1.54) is 6.20 Å². The summed E-state index contributed by atoms with van der Waals surface area (Å²) in [5, 5.41) is 8.81. The van der Waals surface area contributed by atoms with Crippen molar-refractivity contribution >= 4 is 17.0 Å². The van der Waals surface area contributed by atoms with E-state index in [9.17, 15) is 4.79 Å². The molecule has 2 heterocycles. The number of nitrogens with zero attached hydrogens (tertiary/aromatic N) is 2. The van der Waals surface area contributed by atoms with E-state index in [4.69, 9.17) is 5.11 Å². The number of fused-ring (bicyclic) bond motifs is 1. The summed E-state index contributed by atoms with van der Waals surface area (Å²) >= 11 is 0. The molecule has 0 unspecified atom stereocenters. The van der Waals surface area contributed by atoms with Crippen molar-refractivity contribution in [2.24, 2.45) is 0 Å². The highest BCUT2D eigenvalue weighted by Crippen LogP contribution is 2.21. The fourth-order valence-electron chi connectivity index (χ4n) is 1.88. The molecular weight excluding hydrogens is 232 g/mol. The summed E-state index contributed by atoms with van der Waals surface area (Å²) in [5.41, 5.74) is 3.33. The highest BCUT2D eigenvalue weighted by atomic mass is 16.4. The molecule has 6 nitrogen and oxygen atoms in total. The Bertz CT molecular complexity index is 741. The van der Waals surface area contributed by atoms with Gasteiger partial charge in [0.15, 0.2) is 0 Å². The molecule has 0 saturated carbocycles. The zero-order chi connectivity index (χ0) is 12.7. The van der Waals surface area contributed by atoms with Gasteiger partial charge in [-0.25, -0.2) is 14.8 Å². The van der Waals surface area contributed by atoms with Crippen molar-refractivity contribution in [3.05, 3.63) is 36.0 Å². The molecule has 0 fully saturated rings. The minimum Gasteiger partial charge on any atom is -0.475 e. The van der Waals surface area contributed by atoms with Gasteiger partial charge in [-0.05, 0) is 19.1 Å². The highest BCUT2D eigenvalue weighted by molar-refractivity contribution is 5.85. The van der Waals surface area contributed by atoms with Crippen LogP contribution in [0.1, 0.15) is 16.4 Å². The van der Waals surface area contributed by atoms with Crippen LogP contribution in [0.3, 0.4) is 0 Å². The predicted molar refractivity (Wildman–Crippen MR) is 65.4 cm³/mol. The van der Waals surface area contributed by atoms with Crippen LogP contribution in [0.4, 0.5) is 0 Å². The van der Waals surface area contributed by atoms with E-state index in [1.807, 2.05) is 25.1 Å². The van der Waals surface area contributed by atoms with Gasteiger partial charge >= 0.3 is 5.97 Å². The van der Waals surface area contributed by atoms with Gasteiger partial charge < -0.3 is 15.1 Å². The zero-order valence-electron chi connectivity index (χ0n) is 9.56. The zero-order valence-corrected chi connectivity index (χ0v) is 9.56. The first-order chi connectivity index (χ1) is 8.63. The SMILES string of the molecule is Cc1nc2ccc(-c3cnc(C(=O)O)[nH]3)cc2[nH]1. The summed E-state index contributed by atoms with van der Waals surface area (Å²) in [6.45, 7) is 1.89. The number of aromatic amines is 2. The van der Waals surface area contributed by atoms with Crippen molar-refractivity contribution in [2.75, 3.05) is 0 Å². The number of carbonyl (C=O) groups is 1. The fourth-order valence-corrected chi connectivity index (χ4v) is 1.88. The van der Waals surface area contributed by atoms with Crippen LogP contribution in [0.25, 0.3) is 22.3 Å². The van der Waals surface area contributed by atoms with E-state index in [0.29, 0.717) is 5.69 Å². The van der Waals surface area contributed by atoms with E-state index >= 15 is 0 Å². The monoisotopic (exact) mass is 242 g/mol. The van der Waals surface area contributed by atoms with Crippen LogP contribution in [0.2, 0.25) is 0 Å². The largest absolute Gasteiger partial charge is 0.475 e. The second-order valence-corrected chi connectivity index (χ2v) is 4.00. The Morgan fingerprint density at radius 1 is 1.33 bits per heavy atom. The van der Waals surface area contributed by atoms with Gasteiger partial charge in [0.1, 0.15) is 5.82 Å². The van der Waals surface area contributed by atoms with Gasteiger partial charge in [-0.1, -0.05) is 6.07 Å². The molecule has 0 aliphatic heterocycles. The van der Waals surface area contributed by atoms with Gasteiger partial charge in [0, 0.05) is 5.56 Å². The first-order valence-corrected chi connectivity index (χ1v) is 5.38. The van der Waals surface area contributed by atoms with Crippen LogP contribution in [0.5, 0.6) is 0 Å². The summed E-state index contributed by atoms with van der Waals surface area (Å²) in [6, 6.07) is 5.67. The Morgan fingerprint density at radius 3 is 2.89 bits per heavy atom. The predicted octanol–water partition coefficient (Wildman–Crippen LogP) is 1.96. The number of aromatic nitrogens is 4. The fraction of sp³-hybridized carbons (Fsp3) is 0.0833. The topological polar surface area (TPSA) is 94.7 Å². The summed E-state index contributed by atoms with van der Waals surface area (Å²) in [6.07, 6.45) is 1.51. The minimum absolute atomic E-state index is 0.0640. The van der Waals surface area contributed by atoms with Crippen LogP contribution in [-0.2, 0) is 0 Å². The lowest BCUT2D eigenvalue weighted by molar-refractivity contribution is 0.0685. The average molecular weight is 242 g/mol. The summed E-state index contributed by atoms with van der Waals surface area (Å²) in [7, 11) is 0. The molecule has 0 aliphatic rings. The van der Waals surface area contributed by atoms with Gasteiger partial charge in [-0.2, -0.15) is 0 Å². The van der Waals surface area contributed by atoms with E-state index < -0.39 is 5.97 Å². The molecule has 1 aromatic carbocycles. The second-order valence-electron chi connectivity index (χ2n) is 4.00. The molecule has 0 aliphatic carbocycles. The molecule has 3 aromatic rings. The summed E-state index contributed by atoms with van der Waals surface area (Å²) in [4.78, 5) is 24.7. The Morgan fingerprint density at radius 2 is 2.17 bits per heavy atom. The number of hydrogen-bond donors (Lipinski definition) is 3. The molecule has 0 amide bonds. The van der Waals surface area contributed by atoms with Crippen LogP contribution in [-0.4, -0.2) is 31.0 Å². The first kappa shape index (κ1) is 10.5. The minimum atomic E-state index is -1.07. The average Bonchev–Trinajstić information content (AvgIpc) is 2.91. The lowest BCUT2D eigenvalue weighted by Crippen LogP contribution is -1.98. The number of rotatable bonds is 2. The van der Waals surface area contributed by atoms with Gasteiger partial charge in [-0.15, -0.1) is 0 Å². The molecule has 3 N–H and O–H groups in total. The third-order valence-corrected chi connectivity index (χ3v) is 2.69. The number of imidazole rings is 2. The Labute approximate surface area is 102 Å². The van der Waals surface area contributed by atoms with Crippen molar-refractivity contribution in [1.82, 2.24) is 19.9 Å². The normalized spacial score (nSPS) is 10.9. The maximum atomic E-state index is 10.8. The molecule has 3 rings (SSSR count). The van der Waals surface area contributed by atoms with E-state index in [2.05, 4.69) is 19.9 Å². The standard InChI is InChI=1S/C12H10N4O2/c1-6-14-8-3-2-7(4-9(8)15-6)10-5-13-11(16-10)12(17)18/h2-5H,1H3,(H,13,16)(H,14,15)(H,17,18). The van der Waals surface area contributed by atoms with Crippen molar-refractivity contribution in [2.45, 2.75) is 6.92 Å². The number of benzene rings is 1. The van der Waals surface area contributed by atoms with Crippen LogP contribution < -0.4 is 0 Å². The number of nitrogens with one attached hydrogen (secondary N) is 2. The number of aryl methyl sites for hydroxylation is 1. The van der Waals surface area contributed by atoms with Gasteiger partial charge in [0.05, 0.1) is 22.9 Å². The molecule has 0 bridgehead atoms. The maximum absolute atomic E-state index is 10.8. The summed E-state index contributed by atoms with van der Waals surface area (Å²) in [5.74, 6) is -0.288. The number of H-pyrrole nitrogens is 2. The lowest BCUT2D eigenvalue weighted by Gasteiger charge is -1.96. The van der Waals surface area contributed by atoms with Crippen molar-refractivity contribution in [1.29, 1.82) is 0 Å². The van der Waals surface area contributed by atoms with Crippen LogP contribution in [0.15, 0.2) is 24.4 Å². The van der Waals surface area contributed by atoms with Gasteiger partial charge in [0.2, 0.25) is 5.82 Å². The third-order valence-electron chi connectivity index (χ3n) is 2.69. The van der Waals surface area contributed by atoms with Gasteiger partial charge in [0.25, 0.3) is 0 Å². The molecule has 0 radical (unpaired) electrons. The molecule has 0 atom stereocenters. The van der Waals surface area contributed by atoms with Crippen LogP contribution in [0, 0.1) is 6.92 Å². The Hall–Kier alpha value is -2.63. The smallest absolute Gasteiger partial charge is 0.371 e. The molecule has 18 heavy (non-hydrogen) atoms. The molecule has 2 aromatic heterocycles.